The molecule has 166 valence electrons. The van der Waals surface area contributed by atoms with Gasteiger partial charge in [-0.05, 0) is 24.0 Å². The molecule has 0 unspecified atom stereocenters. The summed E-state index contributed by atoms with van der Waals surface area (Å²) in [6, 6.07) is 18.8. The van der Waals surface area contributed by atoms with Crippen molar-refractivity contribution < 1.29 is 14.7 Å². The Balaban J connectivity index is 1.75. The molecule has 0 saturated carbocycles. The number of amides is 1. The summed E-state index contributed by atoms with van der Waals surface area (Å²) in [5.41, 5.74) is 7.33. The fourth-order valence-electron chi connectivity index (χ4n) is 3.31. The number of aromatic nitrogens is 1. The molecular formula is C23H25N5O3S. The molecular weight excluding hydrogens is 426 g/mol. The minimum Gasteiger partial charge on any atom is -0.480 e. The smallest absolute Gasteiger partial charge is 0.326 e. The lowest BCUT2D eigenvalue weighted by Gasteiger charge is -2.16. The molecule has 3 aromatic rings. The Hall–Kier alpha value is -3.72. The SMILES string of the molecule is N=C(N)NCCC[C@H](NC(=O)c1cnc(C(c2ccccc2)c2ccccc2)s1)C(=O)O. The maximum absolute atomic E-state index is 12.7. The lowest BCUT2D eigenvalue weighted by Crippen LogP contribution is -2.41. The van der Waals surface area contributed by atoms with Crippen LogP contribution in [0.25, 0.3) is 0 Å². The third kappa shape index (κ3) is 6.14. The number of rotatable bonds is 10. The molecule has 0 aliphatic carbocycles. The molecule has 0 spiro atoms. The van der Waals surface area contributed by atoms with Gasteiger partial charge in [-0.1, -0.05) is 60.7 Å². The van der Waals surface area contributed by atoms with Crippen molar-refractivity contribution in [1.29, 1.82) is 5.41 Å². The van der Waals surface area contributed by atoms with E-state index in [1.165, 1.54) is 17.5 Å². The number of hydrogen-bond acceptors (Lipinski definition) is 5. The summed E-state index contributed by atoms with van der Waals surface area (Å²) in [6.07, 6.45) is 2.14. The summed E-state index contributed by atoms with van der Waals surface area (Å²) >= 11 is 1.25. The molecule has 0 aliphatic heterocycles. The normalized spacial score (nSPS) is 11.7. The molecule has 6 N–H and O–H groups in total. The molecule has 1 atom stereocenters. The van der Waals surface area contributed by atoms with E-state index in [-0.39, 0.29) is 18.3 Å². The second kappa shape index (κ2) is 11.1. The molecule has 1 heterocycles. The van der Waals surface area contributed by atoms with Crippen LogP contribution in [0, 0.1) is 5.41 Å². The van der Waals surface area contributed by atoms with Gasteiger partial charge in [-0.15, -0.1) is 11.3 Å². The molecule has 3 rings (SSSR count). The van der Waals surface area contributed by atoms with E-state index >= 15 is 0 Å². The molecule has 8 nitrogen and oxygen atoms in total. The van der Waals surface area contributed by atoms with Crippen LogP contribution in [0.2, 0.25) is 0 Å². The molecule has 0 radical (unpaired) electrons. The molecule has 9 heteroatoms. The number of carboxylic acid groups (broad SMARTS) is 1. The van der Waals surface area contributed by atoms with Crippen molar-refractivity contribution in [3.63, 3.8) is 0 Å². The third-order valence-electron chi connectivity index (χ3n) is 4.85. The van der Waals surface area contributed by atoms with Crippen molar-refractivity contribution in [1.82, 2.24) is 15.6 Å². The average molecular weight is 452 g/mol. The molecule has 0 aliphatic rings. The monoisotopic (exact) mass is 451 g/mol. The zero-order valence-corrected chi connectivity index (χ0v) is 18.1. The van der Waals surface area contributed by atoms with Gasteiger partial charge in [0.05, 0.1) is 12.1 Å². The first-order chi connectivity index (χ1) is 15.5. The largest absolute Gasteiger partial charge is 0.480 e. The van der Waals surface area contributed by atoms with Crippen molar-refractivity contribution in [2.45, 2.75) is 24.8 Å². The zero-order valence-electron chi connectivity index (χ0n) is 17.3. The van der Waals surface area contributed by atoms with Crippen LogP contribution in [0.1, 0.15) is 44.6 Å². The second-order valence-electron chi connectivity index (χ2n) is 7.16. The Morgan fingerprint density at radius 2 is 1.66 bits per heavy atom. The Bertz CT molecular complexity index is 1020. The molecule has 0 fully saturated rings. The number of carboxylic acids is 1. The van der Waals surface area contributed by atoms with Gasteiger partial charge in [0.25, 0.3) is 5.91 Å². The van der Waals surface area contributed by atoms with Crippen LogP contribution in [-0.2, 0) is 4.79 Å². The van der Waals surface area contributed by atoms with Crippen molar-refractivity contribution >= 4 is 29.2 Å². The van der Waals surface area contributed by atoms with E-state index in [9.17, 15) is 14.7 Å². The van der Waals surface area contributed by atoms with Gasteiger partial charge >= 0.3 is 5.97 Å². The van der Waals surface area contributed by atoms with Crippen LogP contribution in [0.5, 0.6) is 0 Å². The molecule has 1 amide bonds. The number of nitrogens with one attached hydrogen (secondary N) is 3. The van der Waals surface area contributed by atoms with E-state index in [0.717, 1.165) is 16.1 Å². The van der Waals surface area contributed by atoms with Gasteiger partial charge in [0.15, 0.2) is 5.96 Å². The van der Waals surface area contributed by atoms with Gasteiger partial charge in [-0.3, -0.25) is 10.2 Å². The Labute approximate surface area is 190 Å². The zero-order chi connectivity index (χ0) is 22.9. The van der Waals surface area contributed by atoms with E-state index in [0.29, 0.717) is 17.8 Å². The van der Waals surface area contributed by atoms with Gasteiger partial charge in [0.2, 0.25) is 0 Å². The van der Waals surface area contributed by atoms with Crippen molar-refractivity contribution in [2.24, 2.45) is 5.73 Å². The fraction of sp³-hybridized carbons (Fsp3) is 0.217. The summed E-state index contributed by atoms with van der Waals surface area (Å²) in [7, 11) is 0. The summed E-state index contributed by atoms with van der Waals surface area (Å²) in [5, 5.41) is 22.5. The van der Waals surface area contributed by atoms with Crippen LogP contribution < -0.4 is 16.4 Å². The van der Waals surface area contributed by atoms with Crippen LogP contribution >= 0.6 is 11.3 Å². The summed E-state index contributed by atoms with van der Waals surface area (Å²) < 4.78 is 0. The topological polar surface area (TPSA) is 141 Å². The molecule has 1 aromatic heterocycles. The van der Waals surface area contributed by atoms with E-state index in [1.807, 2.05) is 60.7 Å². The molecule has 32 heavy (non-hydrogen) atoms. The van der Waals surface area contributed by atoms with Crippen molar-refractivity contribution in [3.05, 3.63) is 87.9 Å². The maximum atomic E-state index is 12.7. The van der Waals surface area contributed by atoms with Gasteiger partial charge in [-0.25, -0.2) is 9.78 Å². The number of hydrogen-bond donors (Lipinski definition) is 5. The highest BCUT2D eigenvalue weighted by molar-refractivity contribution is 7.13. The minimum atomic E-state index is -1.11. The third-order valence-corrected chi connectivity index (χ3v) is 5.91. The summed E-state index contributed by atoms with van der Waals surface area (Å²) in [4.78, 5) is 29.2. The summed E-state index contributed by atoms with van der Waals surface area (Å²) in [6.45, 7) is 0.357. The highest BCUT2D eigenvalue weighted by atomic mass is 32.1. The number of nitrogens with two attached hydrogens (primary N) is 1. The molecule has 2 aromatic carbocycles. The van der Waals surface area contributed by atoms with Crippen LogP contribution in [-0.4, -0.2) is 40.5 Å². The Morgan fingerprint density at radius 3 is 2.19 bits per heavy atom. The quantitative estimate of drug-likeness (QED) is 0.182. The first kappa shape index (κ1) is 23.0. The number of guanidine groups is 1. The number of nitrogens with zero attached hydrogens (tertiary/aromatic N) is 1. The Kier molecular flexibility index (Phi) is 7.93. The number of benzene rings is 2. The lowest BCUT2D eigenvalue weighted by molar-refractivity contribution is -0.139. The van der Waals surface area contributed by atoms with Crippen LogP contribution in [0.3, 0.4) is 0 Å². The predicted octanol–water partition coefficient (Wildman–Crippen LogP) is 2.77. The van der Waals surface area contributed by atoms with Gasteiger partial charge in [0, 0.05) is 6.54 Å². The van der Waals surface area contributed by atoms with Crippen LogP contribution in [0.4, 0.5) is 0 Å². The first-order valence-corrected chi connectivity index (χ1v) is 10.9. The number of carbonyl (C=O) groups excluding carboxylic acids is 1. The highest BCUT2D eigenvalue weighted by Crippen LogP contribution is 2.34. The van der Waals surface area contributed by atoms with E-state index in [1.54, 1.807) is 0 Å². The van der Waals surface area contributed by atoms with Gasteiger partial charge in [0.1, 0.15) is 15.9 Å². The van der Waals surface area contributed by atoms with E-state index in [4.69, 9.17) is 11.1 Å². The van der Waals surface area contributed by atoms with Crippen molar-refractivity contribution in [3.8, 4) is 0 Å². The standard InChI is InChI=1S/C23H25N5O3S/c24-23(25)26-13-7-12-17(22(30)31)28-20(29)18-14-27-21(32-18)19(15-8-3-1-4-9-15)16-10-5-2-6-11-16/h1-6,8-11,14,17,19H,7,12-13H2,(H,28,29)(H,30,31)(H4,24,25,26)/t17-/m0/s1. The predicted molar refractivity (Wildman–Crippen MR) is 124 cm³/mol. The molecule has 0 bridgehead atoms. The van der Waals surface area contributed by atoms with E-state index in [2.05, 4.69) is 15.6 Å². The number of aliphatic carboxylic acids is 1. The van der Waals surface area contributed by atoms with Crippen molar-refractivity contribution in [2.75, 3.05) is 6.54 Å². The minimum absolute atomic E-state index is 0.128. The Morgan fingerprint density at radius 1 is 1.06 bits per heavy atom. The summed E-state index contributed by atoms with van der Waals surface area (Å²) in [5.74, 6) is -1.89. The van der Waals surface area contributed by atoms with Gasteiger partial charge < -0.3 is 21.5 Å². The fourth-order valence-corrected chi connectivity index (χ4v) is 4.29. The number of carbonyl (C=O) groups is 2. The lowest BCUT2D eigenvalue weighted by atomic mass is 9.92. The van der Waals surface area contributed by atoms with Crippen LogP contribution in [0.15, 0.2) is 66.9 Å². The second-order valence-corrected chi connectivity index (χ2v) is 8.23. The number of thiazole rings is 1. The highest BCUT2D eigenvalue weighted by Gasteiger charge is 2.24. The maximum Gasteiger partial charge on any atom is 0.326 e. The average Bonchev–Trinajstić information content (AvgIpc) is 3.27. The van der Waals surface area contributed by atoms with E-state index < -0.39 is 17.9 Å². The van der Waals surface area contributed by atoms with Gasteiger partial charge in [-0.2, -0.15) is 0 Å². The first-order valence-electron chi connectivity index (χ1n) is 10.1. The molecule has 0 saturated heterocycles.